The largest absolute Gasteiger partial charge is 0.478 e. The highest BCUT2D eigenvalue weighted by atomic mass is 32.2. The Hall–Kier alpha value is -2.16. The number of nitrogens with one attached hydrogen (secondary N) is 1. The summed E-state index contributed by atoms with van der Waals surface area (Å²) in [6.07, 6.45) is 3.21. The average Bonchev–Trinajstić information content (AvgIpc) is 2.54. The molecule has 0 heterocycles. The lowest BCUT2D eigenvalue weighted by molar-refractivity contribution is -0.132. The van der Waals surface area contributed by atoms with E-state index in [1.54, 1.807) is 30.3 Å². The Morgan fingerprint density at radius 3 is 2.56 bits per heavy atom. The third-order valence-electron chi connectivity index (χ3n) is 3.97. The van der Waals surface area contributed by atoms with Crippen molar-refractivity contribution in [2.24, 2.45) is 5.14 Å². The molecule has 0 saturated carbocycles. The maximum Gasteiger partial charge on any atom is 0.335 e. The smallest absolute Gasteiger partial charge is 0.335 e. The molecule has 0 spiro atoms. The average molecular weight is 366 g/mol. The van der Waals surface area contributed by atoms with E-state index in [-0.39, 0.29) is 22.9 Å². The van der Waals surface area contributed by atoms with Crippen molar-refractivity contribution >= 4 is 16.0 Å². The van der Waals surface area contributed by atoms with Gasteiger partial charge < -0.3 is 9.84 Å². The molecule has 8 heteroatoms. The van der Waals surface area contributed by atoms with Crippen molar-refractivity contribution in [1.82, 2.24) is 5.32 Å². The Morgan fingerprint density at radius 2 is 2.04 bits per heavy atom. The normalized spacial score (nSPS) is 21.9. The van der Waals surface area contributed by atoms with Gasteiger partial charge in [0, 0.05) is 12.5 Å². The molecule has 2 unspecified atom stereocenters. The topological polar surface area (TPSA) is 119 Å². The highest BCUT2D eigenvalue weighted by Gasteiger charge is 2.45. The second-order valence-electron chi connectivity index (χ2n) is 5.92. The second kappa shape index (κ2) is 7.38. The minimum absolute atomic E-state index is 0.0101. The molecule has 0 saturated heterocycles. The number of carboxylic acid groups (broad SMARTS) is 1. The molecule has 1 aliphatic carbocycles. The number of carbonyl (C=O) groups is 1. The zero-order valence-corrected chi connectivity index (χ0v) is 14.9. The number of benzene rings is 1. The fourth-order valence-corrected chi connectivity index (χ4v) is 3.51. The van der Waals surface area contributed by atoms with Crippen molar-refractivity contribution in [3.05, 3.63) is 53.0 Å². The number of carboxylic acids is 1. The lowest BCUT2D eigenvalue weighted by Gasteiger charge is -2.39. The summed E-state index contributed by atoms with van der Waals surface area (Å²) < 4.78 is 30.4. The molecule has 0 radical (unpaired) electrons. The van der Waals surface area contributed by atoms with Crippen LogP contribution in [0.5, 0.6) is 5.75 Å². The number of nitrogens with two attached hydrogens (primary N) is 1. The molecule has 7 nitrogen and oxygen atoms in total. The van der Waals surface area contributed by atoms with Crippen LogP contribution in [0.2, 0.25) is 0 Å². The predicted molar refractivity (Wildman–Crippen MR) is 94.2 cm³/mol. The van der Waals surface area contributed by atoms with E-state index in [9.17, 15) is 18.3 Å². The number of rotatable bonds is 7. The summed E-state index contributed by atoms with van der Waals surface area (Å²) in [5.41, 5.74) is -1.61. The zero-order chi connectivity index (χ0) is 18.7. The molecule has 0 bridgehead atoms. The van der Waals surface area contributed by atoms with Crippen LogP contribution in [0.1, 0.15) is 26.7 Å². The summed E-state index contributed by atoms with van der Waals surface area (Å²) in [6, 6.07) is 8.62. The standard InChI is InChI=1S/C17H22N2O5S/c1-3-12(2)19-17(24-14-7-5-4-6-8-14)10-9-13(16(20)21)11-15(17)25(18,22)23/h4-9,11-12,19H,3,10H2,1-2H3,(H,20,21)(H2,18,22,23). The maximum atomic E-state index is 12.2. The Morgan fingerprint density at radius 1 is 1.40 bits per heavy atom. The molecule has 1 aliphatic rings. The number of hydrogen-bond donors (Lipinski definition) is 3. The number of sulfonamides is 1. The predicted octanol–water partition coefficient (Wildman–Crippen LogP) is 1.74. The number of hydrogen-bond acceptors (Lipinski definition) is 5. The van der Waals surface area contributed by atoms with Gasteiger partial charge in [0.1, 0.15) is 10.7 Å². The number of para-hydroxylation sites is 1. The summed E-state index contributed by atoms with van der Waals surface area (Å²) in [5, 5.41) is 17.7. The first kappa shape index (κ1) is 19.2. The summed E-state index contributed by atoms with van der Waals surface area (Å²) in [6.45, 7) is 3.82. The number of primary sulfonamides is 1. The molecule has 2 atom stereocenters. The Bertz CT molecular complexity index is 802. The first-order valence-electron chi connectivity index (χ1n) is 7.88. The van der Waals surface area contributed by atoms with Gasteiger partial charge in [-0.2, -0.15) is 0 Å². The van der Waals surface area contributed by atoms with Crippen LogP contribution in [0.4, 0.5) is 0 Å². The molecule has 1 aromatic rings. The molecular formula is C17H22N2O5S. The molecule has 0 aromatic heterocycles. The fraction of sp³-hybridized carbons (Fsp3) is 0.353. The minimum atomic E-state index is -4.20. The summed E-state index contributed by atoms with van der Waals surface area (Å²) >= 11 is 0. The van der Waals surface area contributed by atoms with E-state index in [0.29, 0.717) is 12.2 Å². The Labute approximate surface area is 147 Å². The molecule has 25 heavy (non-hydrogen) atoms. The van der Waals surface area contributed by atoms with Crippen molar-refractivity contribution in [2.75, 3.05) is 0 Å². The van der Waals surface area contributed by atoms with Crippen molar-refractivity contribution < 1.29 is 23.1 Å². The highest BCUT2D eigenvalue weighted by molar-refractivity contribution is 7.93. The van der Waals surface area contributed by atoms with Crippen molar-refractivity contribution in [3.8, 4) is 5.75 Å². The van der Waals surface area contributed by atoms with Gasteiger partial charge in [-0.15, -0.1) is 0 Å². The lowest BCUT2D eigenvalue weighted by atomic mass is 9.97. The van der Waals surface area contributed by atoms with Gasteiger partial charge in [0.2, 0.25) is 15.7 Å². The van der Waals surface area contributed by atoms with E-state index in [1.807, 2.05) is 13.8 Å². The second-order valence-corrected chi connectivity index (χ2v) is 7.45. The number of ether oxygens (including phenoxy) is 1. The monoisotopic (exact) mass is 366 g/mol. The van der Waals surface area contributed by atoms with Crippen molar-refractivity contribution in [1.29, 1.82) is 0 Å². The van der Waals surface area contributed by atoms with Gasteiger partial charge in [-0.25, -0.2) is 18.4 Å². The number of aliphatic carboxylic acids is 1. The fourth-order valence-electron chi connectivity index (χ4n) is 2.57. The van der Waals surface area contributed by atoms with Crippen molar-refractivity contribution in [3.63, 3.8) is 0 Å². The van der Waals surface area contributed by atoms with Gasteiger partial charge in [0.25, 0.3) is 0 Å². The molecule has 4 N–H and O–H groups in total. The van der Waals surface area contributed by atoms with Crippen LogP contribution in [0.3, 0.4) is 0 Å². The van der Waals surface area contributed by atoms with Crippen LogP contribution in [0.25, 0.3) is 0 Å². The van der Waals surface area contributed by atoms with Gasteiger partial charge in [-0.05, 0) is 31.6 Å². The summed E-state index contributed by atoms with van der Waals surface area (Å²) in [5.74, 6) is -0.780. The van der Waals surface area contributed by atoms with Gasteiger partial charge in [-0.3, -0.25) is 5.32 Å². The first-order chi connectivity index (χ1) is 11.7. The molecule has 2 rings (SSSR count). The quantitative estimate of drug-likeness (QED) is 0.633. The Kier molecular flexibility index (Phi) is 5.66. The van der Waals surface area contributed by atoms with Crippen LogP contribution >= 0.6 is 0 Å². The van der Waals surface area contributed by atoms with E-state index in [4.69, 9.17) is 9.88 Å². The molecule has 136 valence electrons. The molecule has 0 amide bonds. The molecular weight excluding hydrogens is 344 g/mol. The third-order valence-corrected chi connectivity index (χ3v) is 5.04. The van der Waals surface area contributed by atoms with E-state index in [1.165, 1.54) is 6.08 Å². The van der Waals surface area contributed by atoms with Gasteiger partial charge in [0.05, 0.1) is 5.57 Å². The van der Waals surface area contributed by atoms with Gasteiger partial charge in [-0.1, -0.05) is 31.2 Å². The molecule has 0 aliphatic heterocycles. The van der Waals surface area contributed by atoms with Crippen LogP contribution in [-0.2, 0) is 14.8 Å². The zero-order valence-electron chi connectivity index (χ0n) is 14.1. The Balaban J connectivity index is 2.56. The van der Waals surface area contributed by atoms with E-state index >= 15 is 0 Å². The first-order valence-corrected chi connectivity index (χ1v) is 9.43. The van der Waals surface area contributed by atoms with Crippen LogP contribution in [0.15, 0.2) is 53.0 Å². The van der Waals surface area contributed by atoms with E-state index in [2.05, 4.69) is 5.32 Å². The SMILES string of the molecule is CCC(C)NC1(Oc2ccccc2)CC=C(C(=O)O)C=C1S(N)(=O)=O. The van der Waals surface area contributed by atoms with Crippen LogP contribution in [-0.4, -0.2) is 31.3 Å². The van der Waals surface area contributed by atoms with Crippen molar-refractivity contribution in [2.45, 2.75) is 38.5 Å². The van der Waals surface area contributed by atoms with Crippen LogP contribution in [0, 0.1) is 0 Å². The summed E-state index contributed by atoms with van der Waals surface area (Å²) in [4.78, 5) is 11.0. The summed E-state index contributed by atoms with van der Waals surface area (Å²) in [7, 11) is -4.20. The van der Waals surface area contributed by atoms with E-state index in [0.717, 1.165) is 6.08 Å². The van der Waals surface area contributed by atoms with Crippen LogP contribution < -0.4 is 15.2 Å². The molecule has 1 aromatic carbocycles. The van der Waals surface area contributed by atoms with Gasteiger partial charge in [0.15, 0.2) is 0 Å². The maximum absolute atomic E-state index is 12.2. The minimum Gasteiger partial charge on any atom is -0.478 e. The third kappa shape index (κ3) is 4.47. The van der Waals surface area contributed by atoms with E-state index < -0.39 is 21.7 Å². The molecule has 0 fully saturated rings. The highest BCUT2D eigenvalue weighted by Crippen LogP contribution is 2.34. The lowest BCUT2D eigenvalue weighted by Crippen LogP contribution is -2.58. The van der Waals surface area contributed by atoms with Gasteiger partial charge >= 0.3 is 5.97 Å².